The van der Waals surface area contributed by atoms with Crippen LogP contribution in [0.2, 0.25) is 0 Å². The van der Waals surface area contributed by atoms with Crippen molar-refractivity contribution in [2.24, 2.45) is 0 Å². The maximum absolute atomic E-state index is 5.31. The molecule has 0 radical (unpaired) electrons. The van der Waals surface area contributed by atoms with E-state index in [2.05, 4.69) is 23.5 Å². The van der Waals surface area contributed by atoms with Gasteiger partial charge in [0.1, 0.15) is 5.75 Å². The lowest BCUT2D eigenvalue weighted by Gasteiger charge is -2.18. The van der Waals surface area contributed by atoms with Gasteiger partial charge in [-0.25, -0.2) is 0 Å². The Kier molecular flexibility index (Phi) is 5.50. The van der Waals surface area contributed by atoms with E-state index in [1.54, 1.807) is 18.9 Å². The number of methoxy groups -OCH3 is 1. The summed E-state index contributed by atoms with van der Waals surface area (Å²) in [5.74, 6) is 1.86. The van der Waals surface area contributed by atoms with Crippen LogP contribution in [-0.2, 0) is 0 Å². The van der Waals surface area contributed by atoms with E-state index in [4.69, 9.17) is 4.74 Å². The molecule has 1 aromatic heterocycles. The summed E-state index contributed by atoms with van der Waals surface area (Å²) >= 11 is 1.81. The van der Waals surface area contributed by atoms with Crippen LogP contribution in [0.15, 0.2) is 18.3 Å². The average molecular weight is 226 g/mol. The topological polar surface area (TPSA) is 34.2 Å². The Labute approximate surface area is 95.6 Å². The van der Waals surface area contributed by atoms with Crippen molar-refractivity contribution in [1.82, 2.24) is 10.3 Å². The van der Waals surface area contributed by atoms with Gasteiger partial charge in [-0.05, 0) is 24.9 Å². The molecule has 4 heteroatoms. The Morgan fingerprint density at radius 2 is 2.40 bits per heavy atom. The third kappa shape index (κ3) is 3.39. The molecule has 0 saturated carbocycles. The molecule has 3 nitrogen and oxygen atoms in total. The molecule has 0 bridgehead atoms. The van der Waals surface area contributed by atoms with Gasteiger partial charge in [-0.2, -0.15) is 11.8 Å². The fraction of sp³-hybridized carbons (Fsp3) is 0.545. The van der Waals surface area contributed by atoms with E-state index in [0.717, 1.165) is 23.7 Å². The molecule has 1 N–H and O–H groups in total. The number of nitrogens with zero attached hydrogens (tertiary/aromatic N) is 1. The molecule has 15 heavy (non-hydrogen) atoms. The van der Waals surface area contributed by atoms with Crippen LogP contribution >= 0.6 is 11.8 Å². The number of rotatable bonds is 6. The van der Waals surface area contributed by atoms with Crippen LogP contribution in [0.25, 0.3) is 0 Å². The van der Waals surface area contributed by atoms with Gasteiger partial charge in [0.15, 0.2) is 0 Å². The van der Waals surface area contributed by atoms with Crippen LogP contribution in [-0.4, -0.2) is 30.6 Å². The lowest BCUT2D eigenvalue weighted by Crippen LogP contribution is -2.24. The second-order valence-corrected chi connectivity index (χ2v) is 4.07. The maximum Gasteiger partial charge on any atom is 0.142 e. The Hall–Kier alpha value is -0.740. The number of nitrogens with one attached hydrogen (secondary N) is 1. The minimum atomic E-state index is 0.265. The number of hydrogen-bond donors (Lipinski definition) is 1. The van der Waals surface area contributed by atoms with Gasteiger partial charge in [-0.1, -0.05) is 6.92 Å². The van der Waals surface area contributed by atoms with Crippen molar-refractivity contribution in [3.63, 3.8) is 0 Å². The van der Waals surface area contributed by atoms with E-state index in [1.165, 1.54) is 0 Å². The SMILES string of the molecule is CCNC(CSC)c1ncccc1OC. The number of thioether (sulfide) groups is 1. The largest absolute Gasteiger partial charge is 0.495 e. The summed E-state index contributed by atoms with van der Waals surface area (Å²) in [6, 6.07) is 4.11. The van der Waals surface area contributed by atoms with Crippen molar-refractivity contribution < 1.29 is 4.74 Å². The van der Waals surface area contributed by atoms with Crippen LogP contribution < -0.4 is 10.1 Å². The first-order valence-corrected chi connectivity index (χ1v) is 6.44. The molecular formula is C11H18N2OS. The second kappa shape index (κ2) is 6.69. The van der Waals surface area contributed by atoms with E-state index >= 15 is 0 Å². The van der Waals surface area contributed by atoms with E-state index in [-0.39, 0.29) is 6.04 Å². The highest BCUT2D eigenvalue weighted by Crippen LogP contribution is 2.24. The quantitative estimate of drug-likeness (QED) is 0.805. The van der Waals surface area contributed by atoms with Gasteiger partial charge in [0.05, 0.1) is 18.8 Å². The Morgan fingerprint density at radius 3 is 3.00 bits per heavy atom. The Balaban J connectivity index is 2.88. The monoisotopic (exact) mass is 226 g/mol. The zero-order valence-corrected chi connectivity index (χ0v) is 10.3. The molecule has 0 amide bonds. The van der Waals surface area contributed by atoms with Crippen LogP contribution in [0.1, 0.15) is 18.7 Å². The van der Waals surface area contributed by atoms with Gasteiger partial charge >= 0.3 is 0 Å². The van der Waals surface area contributed by atoms with Gasteiger partial charge in [0.2, 0.25) is 0 Å². The Bertz CT molecular complexity index is 288. The van der Waals surface area contributed by atoms with E-state index in [0.29, 0.717) is 0 Å². The molecule has 0 aliphatic carbocycles. The minimum absolute atomic E-state index is 0.265. The van der Waals surface area contributed by atoms with Gasteiger partial charge in [-0.15, -0.1) is 0 Å². The van der Waals surface area contributed by atoms with Gasteiger partial charge < -0.3 is 10.1 Å². The van der Waals surface area contributed by atoms with Crippen molar-refractivity contribution in [2.45, 2.75) is 13.0 Å². The predicted octanol–water partition coefficient (Wildman–Crippen LogP) is 2.10. The molecule has 0 aliphatic rings. The molecular weight excluding hydrogens is 208 g/mol. The van der Waals surface area contributed by atoms with Gasteiger partial charge in [0.25, 0.3) is 0 Å². The van der Waals surface area contributed by atoms with Crippen LogP contribution in [0, 0.1) is 0 Å². The number of aromatic nitrogens is 1. The van der Waals surface area contributed by atoms with Crippen LogP contribution in [0.5, 0.6) is 5.75 Å². The van der Waals surface area contributed by atoms with Crippen molar-refractivity contribution in [3.8, 4) is 5.75 Å². The fourth-order valence-electron chi connectivity index (χ4n) is 1.48. The molecule has 0 aliphatic heterocycles. The van der Waals surface area contributed by atoms with Crippen molar-refractivity contribution in [2.75, 3.05) is 25.7 Å². The smallest absolute Gasteiger partial charge is 0.142 e. The third-order valence-corrected chi connectivity index (χ3v) is 2.80. The summed E-state index contributed by atoms with van der Waals surface area (Å²) < 4.78 is 5.31. The first-order chi connectivity index (χ1) is 7.33. The van der Waals surface area contributed by atoms with Crippen molar-refractivity contribution in [1.29, 1.82) is 0 Å². The molecule has 0 spiro atoms. The molecule has 1 rings (SSSR count). The molecule has 1 heterocycles. The number of ether oxygens (including phenoxy) is 1. The Morgan fingerprint density at radius 1 is 1.60 bits per heavy atom. The summed E-state index contributed by atoms with van der Waals surface area (Å²) in [5.41, 5.74) is 0.996. The zero-order chi connectivity index (χ0) is 11.1. The number of hydrogen-bond acceptors (Lipinski definition) is 4. The summed E-state index contributed by atoms with van der Waals surface area (Å²) in [6.07, 6.45) is 3.91. The van der Waals surface area contributed by atoms with Crippen molar-refractivity contribution in [3.05, 3.63) is 24.0 Å². The molecule has 84 valence electrons. The standard InChI is InChI=1S/C11H18N2OS/c1-4-12-9(8-15-3)11-10(14-2)6-5-7-13-11/h5-7,9,12H,4,8H2,1-3H3. The average Bonchev–Trinajstić information content (AvgIpc) is 2.29. The molecule has 1 aromatic rings. The summed E-state index contributed by atoms with van der Waals surface area (Å²) in [5, 5.41) is 3.41. The first-order valence-electron chi connectivity index (χ1n) is 5.04. The van der Waals surface area contributed by atoms with Crippen LogP contribution in [0.4, 0.5) is 0 Å². The van der Waals surface area contributed by atoms with E-state index < -0.39 is 0 Å². The zero-order valence-electron chi connectivity index (χ0n) is 9.49. The van der Waals surface area contributed by atoms with E-state index in [1.807, 2.05) is 18.3 Å². The second-order valence-electron chi connectivity index (χ2n) is 3.16. The maximum atomic E-state index is 5.31. The summed E-state index contributed by atoms with van der Waals surface area (Å²) in [4.78, 5) is 4.39. The summed E-state index contributed by atoms with van der Waals surface area (Å²) in [6.45, 7) is 3.04. The highest BCUT2D eigenvalue weighted by molar-refractivity contribution is 7.98. The lowest BCUT2D eigenvalue weighted by molar-refractivity contribution is 0.398. The van der Waals surface area contributed by atoms with Crippen molar-refractivity contribution >= 4 is 11.8 Å². The third-order valence-electron chi connectivity index (χ3n) is 2.13. The highest BCUT2D eigenvalue weighted by Gasteiger charge is 2.15. The fourth-order valence-corrected chi connectivity index (χ4v) is 2.09. The van der Waals surface area contributed by atoms with E-state index in [9.17, 15) is 0 Å². The van der Waals surface area contributed by atoms with Gasteiger partial charge in [0, 0.05) is 11.9 Å². The van der Waals surface area contributed by atoms with Gasteiger partial charge in [-0.3, -0.25) is 4.98 Å². The number of pyridine rings is 1. The minimum Gasteiger partial charge on any atom is -0.495 e. The predicted molar refractivity (Wildman–Crippen MR) is 65.6 cm³/mol. The molecule has 0 saturated heterocycles. The summed E-state index contributed by atoms with van der Waals surface area (Å²) in [7, 11) is 1.68. The lowest BCUT2D eigenvalue weighted by atomic mass is 10.2. The molecule has 0 aromatic carbocycles. The first kappa shape index (κ1) is 12.3. The highest BCUT2D eigenvalue weighted by atomic mass is 32.2. The molecule has 1 atom stereocenters. The molecule has 1 unspecified atom stereocenters. The molecule has 0 fully saturated rings. The normalized spacial score (nSPS) is 12.5. The van der Waals surface area contributed by atoms with Crippen LogP contribution in [0.3, 0.4) is 0 Å².